The maximum Gasteiger partial charge on any atom is 0.407 e. The first-order valence-corrected chi connectivity index (χ1v) is 9.32. The Labute approximate surface area is 178 Å². The van der Waals surface area contributed by atoms with Crippen molar-refractivity contribution in [2.24, 2.45) is 0 Å². The van der Waals surface area contributed by atoms with Gasteiger partial charge in [-0.3, -0.25) is 0 Å². The van der Waals surface area contributed by atoms with E-state index < -0.39 is 17.4 Å². The molecule has 0 N–H and O–H groups in total. The lowest BCUT2D eigenvalue weighted by atomic mass is 9.95. The van der Waals surface area contributed by atoms with Gasteiger partial charge in [-0.25, -0.2) is 4.85 Å². The molecule has 0 aliphatic rings. The summed E-state index contributed by atoms with van der Waals surface area (Å²) in [5.41, 5.74) is 1.55. The standard InChI is InChI=1S/C25H17F3N2O/c1-17(21-8-11-24(30-2)23(15-21)25(26,27)28)20-5-3-4-18(14-20)12-13-31-22-9-6-19(16-29)7-10-22/h3-11,14-15H,1,12-13H2. The first-order valence-electron chi connectivity index (χ1n) is 9.32. The molecule has 0 amide bonds. The van der Waals surface area contributed by atoms with Crippen molar-refractivity contribution in [2.75, 3.05) is 6.61 Å². The van der Waals surface area contributed by atoms with Gasteiger partial charge in [-0.2, -0.15) is 18.4 Å². The minimum atomic E-state index is -4.61. The third-order valence-electron chi connectivity index (χ3n) is 4.69. The summed E-state index contributed by atoms with van der Waals surface area (Å²) < 4.78 is 45.5. The van der Waals surface area contributed by atoms with Crippen LogP contribution in [0.3, 0.4) is 0 Å². The van der Waals surface area contributed by atoms with Crippen molar-refractivity contribution in [3.05, 3.63) is 113 Å². The van der Waals surface area contributed by atoms with E-state index in [-0.39, 0.29) is 0 Å². The second-order valence-corrected chi connectivity index (χ2v) is 6.76. The Bertz CT molecular complexity index is 1180. The van der Waals surface area contributed by atoms with Crippen molar-refractivity contribution >= 4 is 11.3 Å². The van der Waals surface area contributed by atoms with Crippen molar-refractivity contribution in [1.29, 1.82) is 5.26 Å². The van der Waals surface area contributed by atoms with Crippen LogP contribution in [0.1, 0.15) is 27.8 Å². The second-order valence-electron chi connectivity index (χ2n) is 6.76. The number of benzene rings is 3. The van der Waals surface area contributed by atoms with Crippen LogP contribution in [0.2, 0.25) is 0 Å². The fraction of sp³-hybridized carbons (Fsp3) is 0.120. The molecule has 3 aromatic rings. The fourth-order valence-electron chi connectivity index (χ4n) is 3.04. The molecule has 154 valence electrons. The van der Waals surface area contributed by atoms with Crippen LogP contribution in [-0.2, 0) is 12.6 Å². The summed E-state index contributed by atoms with van der Waals surface area (Å²) in [6.45, 7) is 11.3. The average Bonchev–Trinajstić information content (AvgIpc) is 2.78. The van der Waals surface area contributed by atoms with Crippen LogP contribution in [0.5, 0.6) is 5.75 Å². The molecule has 3 nitrogen and oxygen atoms in total. The molecule has 3 rings (SSSR count). The topological polar surface area (TPSA) is 37.4 Å². The van der Waals surface area contributed by atoms with Gasteiger partial charge in [0.15, 0.2) is 5.69 Å². The minimum absolute atomic E-state index is 0.311. The van der Waals surface area contributed by atoms with E-state index in [2.05, 4.69) is 11.4 Å². The molecule has 0 saturated carbocycles. The molecule has 0 saturated heterocycles. The van der Waals surface area contributed by atoms with Crippen LogP contribution in [0.4, 0.5) is 18.9 Å². The van der Waals surface area contributed by atoms with Crippen molar-refractivity contribution in [1.82, 2.24) is 0 Å². The molecule has 0 radical (unpaired) electrons. The third kappa shape index (κ3) is 5.32. The van der Waals surface area contributed by atoms with Crippen LogP contribution >= 0.6 is 0 Å². The second kappa shape index (κ2) is 9.19. The summed E-state index contributed by atoms with van der Waals surface area (Å²) >= 11 is 0. The van der Waals surface area contributed by atoms with E-state index in [4.69, 9.17) is 16.6 Å². The predicted molar refractivity (Wildman–Crippen MR) is 113 cm³/mol. The molecule has 6 heteroatoms. The molecule has 0 aromatic heterocycles. The van der Waals surface area contributed by atoms with Gasteiger partial charge < -0.3 is 4.74 Å². The summed E-state index contributed by atoms with van der Waals surface area (Å²) in [5.74, 6) is 0.652. The zero-order valence-corrected chi connectivity index (χ0v) is 16.4. The van der Waals surface area contributed by atoms with Crippen LogP contribution in [-0.4, -0.2) is 6.61 Å². The highest BCUT2D eigenvalue weighted by atomic mass is 19.4. The molecule has 31 heavy (non-hydrogen) atoms. The number of hydrogen-bond acceptors (Lipinski definition) is 2. The number of halogens is 3. The third-order valence-corrected chi connectivity index (χ3v) is 4.69. The highest BCUT2D eigenvalue weighted by Gasteiger charge is 2.33. The molecule has 0 bridgehead atoms. The lowest BCUT2D eigenvalue weighted by Gasteiger charge is -2.13. The molecule has 0 heterocycles. The predicted octanol–water partition coefficient (Wildman–Crippen LogP) is 6.81. The van der Waals surface area contributed by atoms with Gasteiger partial charge in [0.25, 0.3) is 0 Å². The molecule has 0 unspecified atom stereocenters. The summed E-state index contributed by atoms with van der Waals surface area (Å²) in [6, 6.07) is 19.8. The summed E-state index contributed by atoms with van der Waals surface area (Å²) in [7, 11) is 0. The Morgan fingerprint density at radius 3 is 2.39 bits per heavy atom. The van der Waals surface area contributed by atoms with Crippen LogP contribution in [0.15, 0.2) is 73.3 Å². The molecule has 0 aliphatic heterocycles. The lowest BCUT2D eigenvalue weighted by molar-refractivity contribution is -0.136. The summed E-state index contributed by atoms with van der Waals surface area (Å²) in [6.07, 6.45) is -4.02. The quantitative estimate of drug-likeness (QED) is 0.412. The van der Waals surface area contributed by atoms with Crippen LogP contribution in [0, 0.1) is 17.9 Å². The largest absolute Gasteiger partial charge is 0.493 e. The Morgan fingerprint density at radius 1 is 1.03 bits per heavy atom. The van der Waals surface area contributed by atoms with E-state index in [1.54, 1.807) is 30.3 Å². The van der Waals surface area contributed by atoms with E-state index in [0.29, 0.717) is 41.0 Å². The Morgan fingerprint density at radius 2 is 1.74 bits per heavy atom. The van der Waals surface area contributed by atoms with Crippen molar-refractivity contribution in [3.8, 4) is 11.8 Å². The first-order chi connectivity index (χ1) is 14.8. The number of nitrogens with zero attached hydrogens (tertiary/aromatic N) is 2. The van der Waals surface area contributed by atoms with Gasteiger partial charge in [0.1, 0.15) is 5.75 Å². The SMILES string of the molecule is [C-]#[N+]c1ccc(C(=C)c2cccc(CCOc3ccc(C#N)cc3)c2)cc1C(F)(F)F. The van der Waals surface area contributed by atoms with Gasteiger partial charge in [0, 0.05) is 6.42 Å². The minimum Gasteiger partial charge on any atom is -0.493 e. The van der Waals surface area contributed by atoms with Crippen molar-refractivity contribution in [2.45, 2.75) is 12.6 Å². The van der Waals surface area contributed by atoms with Gasteiger partial charge in [-0.05, 0) is 46.5 Å². The average molecular weight is 418 g/mol. The van der Waals surface area contributed by atoms with E-state index in [1.165, 1.54) is 12.1 Å². The van der Waals surface area contributed by atoms with E-state index in [1.807, 2.05) is 24.3 Å². The molecule has 0 fully saturated rings. The van der Waals surface area contributed by atoms with Crippen molar-refractivity contribution in [3.63, 3.8) is 0 Å². The molecular weight excluding hydrogens is 401 g/mol. The van der Waals surface area contributed by atoms with Gasteiger partial charge in [-0.15, -0.1) is 0 Å². The van der Waals surface area contributed by atoms with Crippen molar-refractivity contribution < 1.29 is 17.9 Å². The smallest absolute Gasteiger partial charge is 0.407 e. The number of nitriles is 1. The molecule has 0 aliphatic carbocycles. The number of rotatable bonds is 6. The maximum absolute atomic E-state index is 13.3. The van der Waals surface area contributed by atoms with E-state index in [9.17, 15) is 13.2 Å². The van der Waals surface area contributed by atoms with Crippen LogP contribution in [0.25, 0.3) is 10.4 Å². The highest BCUT2D eigenvalue weighted by Crippen LogP contribution is 2.38. The summed E-state index contributed by atoms with van der Waals surface area (Å²) in [5, 5.41) is 8.82. The van der Waals surface area contributed by atoms with Crippen LogP contribution < -0.4 is 4.74 Å². The molecular formula is C25H17F3N2O. The Hall–Kier alpha value is -4.03. The molecule has 0 atom stereocenters. The fourth-order valence-corrected chi connectivity index (χ4v) is 3.04. The normalized spacial score (nSPS) is 10.7. The zero-order chi connectivity index (χ0) is 22.4. The number of alkyl halides is 3. The Balaban J connectivity index is 1.73. The van der Waals surface area contributed by atoms with Gasteiger partial charge in [0.05, 0.1) is 30.4 Å². The van der Waals surface area contributed by atoms with E-state index in [0.717, 1.165) is 11.6 Å². The van der Waals surface area contributed by atoms with Gasteiger partial charge in [-0.1, -0.05) is 49.0 Å². The summed E-state index contributed by atoms with van der Waals surface area (Å²) in [4.78, 5) is 2.96. The maximum atomic E-state index is 13.3. The zero-order valence-electron chi connectivity index (χ0n) is 16.4. The lowest BCUT2D eigenvalue weighted by Crippen LogP contribution is -2.06. The van der Waals surface area contributed by atoms with Gasteiger partial charge in [0.2, 0.25) is 0 Å². The first kappa shape index (κ1) is 21.7. The van der Waals surface area contributed by atoms with Gasteiger partial charge >= 0.3 is 6.18 Å². The number of ether oxygens (including phenoxy) is 1. The van der Waals surface area contributed by atoms with E-state index >= 15 is 0 Å². The Kier molecular flexibility index (Phi) is 6.43. The molecule has 0 spiro atoms. The monoisotopic (exact) mass is 418 g/mol. The molecule has 3 aromatic carbocycles. The number of hydrogen-bond donors (Lipinski definition) is 0. The highest BCUT2D eigenvalue weighted by molar-refractivity contribution is 5.80.